The SMILES string of the molecule is CC(C)(C)N=C=O.CC(C)(N=C=O)c1cccc(C(C)(C)OC#N)c1.CC(C)(OC#N)c1ccccc1.CCN=C=O.CCN=C=O.CCN=C=O.N#COCC1CC2CCC1C2.N#COCC1CC2CCC1C2.N#COCc1cccc(CN=C=O)c1.N#COCc1ccccc1. The number of nitriles is 6. The van der Waals surface area contributed by atoms with Gasteiger partial charge < -0.3 is 28.4 Å². The predicted molar refractivity (Wildman–Crippen MR) is 364 cm³/mol. The fraction of sp³-hybridized carbons (Fsp3) is 0.514. The van der Waals surface area contributed by atoms with Crippen molar-refractivity contribution in [3.63, 3.8) is 0 Å². The molecule has 4 aliphatic carbocycles. The number of aliphatic imine (C=N–C) groups is 6. The summed E-state index contributed by atoms with van der Waals surface area (Å²) in [5, 5.41) is 49.7. The summed E-state index contributed by atoms with van der Waals surface area (Å²) in [5.41, 5.74) is 3.42. The van der Waals surface area contributed by atoms with Crippen LogP contribution in [0.5, 0.6) is 0 Å². The molecule has 4 saturated carbocycles. The number of benzene rings is 4. The lowest BCUT2D eigenvalue weighted by molar-refractivity contribution is 0.0698. The van der Waals surface area contributed by atoms with Crippen LogP contribution in [-0.2, 0) is 93.7 Å². The van der Waals surface area contributed by atoms with Gasteiger partial charge in [0, 0.05) is 19.6 Å². The van der Waals surface area contributed by atoms with Crippen LogP contribution in [0.1, 0.15) is 168 Å². The summed E-state index contributed by atoms with van der Waals surface area (Å²) in [6.45, 7) is 25.8. The number of hydrogen-bond acceptors (Lipinski definition) is 24. The van der Waals surface area contributed by atoms with Crippen molar-refractivity contribution in [2.24, 2.45) is 65.5 Å². The monoisotopic (exact) mass is 1340 g/mol. The molecule has 0 saturated heterocycles. The van der Waals surface area contributed by atoms with Gasteiger partial charge in [-0.15, -0.1) is 0 Å². The standard InChI is InChI=1S/C14H16N2O2.C10H8N2O2.C10H11NO.2C9H13NO.C8H7NO.C5H9NO.3C3H5NO/c1-13(2,16-10-17)11-6-5-7-12(8-11)14(3,4)18-9-15;11-7-14-6-10-3-1-2-9(4-10)5-12-8-13;1-10(2,12-8-11)9-6-4-3-5-7-9;2*10-6-11-5-9-4-7-1-2-8(9)3-7;9-7-10-6-8-4-2-1-3-5-8;1-5(2,3)6-4-7;3*1-2-4-3-5/h5-8H,1-4H3;1-4H,5-6H2;3-7H,1-2H3;2*7-9H,1-5H2;1-5H,6H2;1-3H3;3*2H2,1H3. The third-order valence-electron chi connectivity index (χ3n) is 15.0. The minimum absolute atomic E-state index is 0.245. The Morgan fingerprint density at radius 2 is 0.786 bits per heavy atom. The van der Waals surface area contributed by atoms with Gasteiger partial charge in [-0.2, -0.15) is 36.6 Å². The molecule has 0 aliphatic heterocycles. The number of ether oxygens (including phenoxy) is 6. The van der Waals surface area contributed by atoms with Crippen molar-refractivity contribution >= 4 is 36.5 Å². The molecule has 0 heterocycles. The molecule has 24 nitrogen and oxygen atoms in total. The van der Waals surface area contributed by atoms with E-state index in [1.54, 1.807) is 64.4 Å². The highest BCUT2D eigenvalue weighted by Gasteiger charge is 2.40. The second kappa shape index (κ2) is 54.2. The largest absolute Gasteiger partial charge is 0.427 e. The first-order chi connectivity index (χ1) is 46.9. The van der Waals surface area contributed by atoms with E-state index in [4.69, 9.17) is 64.9 Å². The van der Waals surface area contributed by atoms with Gasteiger partial charge in [-0.05, 0) is 197 Å². The molecule has 8 rings (SSSR count). The van der Waals surface area contributed by atoms with Gasteiger partial charge in [0.1, 0.15) is 37.6 Å². The summed E-state index contributed by atoms with van der Waals surface area (Å²) in [6.07, 6.45) is 29.9. The topological polar surface area (TPSA) is 375 Å². The first-order valence-electron chi connectivity index (χ1n) is 31.7. The molecule has 0 radical (unpaired) electrons. The summed E-state index contributed by atoms with van der Waals surface area (Å²) >= 11 is 0. The van der Waals surface area contributed by atoms with E-state index in [0.29, 0.717) is 57.8 Å². The van der Waals surface area contributed by atoms with Crippen LogP contribution in [0, 0.1) is 105 Å². The normalized spacial score (nSPS) is 16.1. The summed E-state index contributed by atoms with van der Waals surface area (Å²) in [5.74, 6) is 5.10. The maximum absolute atomic E-state index is 10.4. The Bertz CT molecular complexity index is 3380. The van der Waals surface area contributed by atoms with Gasteiger partial charge in [-0.25, -0.2) is 53.7 Å². The molecule has 0 spiro atoms. The van der Waals surface area contributed by atoms with Crippen LogP contribution < -0.4 is 0 Å². The highest BCUT2D eigenvalue weighted by Crippen LogP contribution is 2.49. The van der Waals surface area contributed by atoms with Crippen LogP contribution in [0.4, 0.5) is 0 Å². The summed E-state index contributed by atoms with van der Waals surface area (Å²) < 4.78 is 28.6. The molecule has 24 heteroatoms. The minimum atomic E-state index is -0.703. The van der Waals surface area contributed by atoms with E-state index < -0.39 is 16.7 Å². The third kappa shape index (κ3) is 42.3. The van der Waals surface area contributed by atoms with Crippen molar-refractivity contribution in [2.75, 3.05) is 32.8 Å². The maximum atomic E-state index is 10.4. The van der Waals surface area contributed by atoms with Gasteiger partial charge in [0.05, 0.1) is 17.6 Å². The van der Waals surface area contributed by atoms with E-state index in [2.05, 4.69) is 39.4 Å². The number of fused-ring (bicyclic) bond motifs is 4. The van der Waals surface area contributed by atoms with E-state index in [-0.39, 0.29) is 12.1 Å². The van der Waals surface area contributed by atoms with Gasteiger partial charge in [-0.3, -0.25) is 0 Å². The molecular formula is C74H92N12O12. The zero-order valence-electron chi connectivity index (χ0n) is 58.4. The Morgan fingerprint density at radius 1 is 0.398 bits per heavy atom. The molecule has 6 atom stereocenters. The minimum Gasteiger partial charge on any atom is -0.427 e. The van der Waals surface area contributed by atoms with Crippen molar-refractivity contribution in [3.05, 3.63) is 143 Å². The summed E-state index contributed by atoms with van der Waals surface area (Å²) in [7, 11) is 0. The Kier molecular flexibility index (Phi) is 49.2. The highest BCUT2D eigenvalue weighted by molar-refractivity contribution is 5.39. The van der Waals surface area contributed by atoms with Gasteiger partial charge in [-0.1, -0.05) is 116 Å². The molecule has 0 N–H and O–H groups in total. The Labute approximate surface area is 577 Å². The van der Waals surface area contributed by atoms with Crippen LogP contribution in [0.2, 0.25) is 0 Å². The van der Waals surface area contributed by atoms with Crippen LogP contribution in [0.3, 0.4) is 0 Å². The van der Waals surface area contributed by atoms with Crippen LogP contribution in [0.25, 0.3) is 0 Å². The Balaban J connectivity index is 0. The molecule has 4 bridgehead atoms. The van der Waals surface area contributed by atoms with Crippen molar-refractivity contribution in [1.82, 2.24) is 0 Å². The molecule has 0 amide bonds. The van der Waals surface area contributed by atoms with Crippen LogP contribution >= 0.6 is 0 Å². The molecule has 4 aromatic rings. The van der Waals surface area contributed by atoms with E-state index in [0.717, 1.165) is 57.1 Å². The quantitative estimate of drug-likeness (QED) is 0.0478. The first-order valence-corrected chi connectivity index (χ1v) is 31.7. The average molecular weight is 1340 g/mol. The van der Waals surface area contributed by atoms with E-state index in [9.17, 15) is 14.4 Å². The molecule has 4 aliphatic rings. The third-order valence-corrected chi connectivity index (χ3v) is 15.0. The highest BCUT2D eigenvalue weighted by atomic mass is 16.5. The average Bonchev–Trinajstić information content (AvgIpc) is 1.08. The van der Waals surface area contributed by atoms with Crippen LogP contribution in [-0.4, -0.2) is 74.9 Å². The number of carbonyl (C=O) groups excluding carboxylic acids is 6. The van der Waals surface area contributed by atoms with Crippen molar-refractivity contribution in [1.29, 1.82) is 31.6 Å². The molecule has 6 unspecified atom stereocenters. The van der Waals surface area contributed by atoms with Crippen molar-refractivity contribution in [3.8, 4) is 37.5 Å². The zero-order valence-corrected chi connectivity index (χ0v) is 58.4. The van der Waals surface area contributed by atoms with Crippen molar-refractivity contribution in [2.45, 2.75) is 176 Å². The first kappa shape index (κ1) is 89.0. The Morgan fingerprint density at radius 3 is 1.14 bits per heavy atom. The zero-order chi connectivity index (χ0) is 73.9. The fourth-order valence-corrected chi connectivity index (χ4v) is 10.2. The lowest BCUT2D eigenvalue weighted by Gasteiger charge is -2.25. The second-order valence-corrected chi connectivity index (χ2v) is 24.3. The molecule has 98 heavy (non-hydrogen) atoms. The smallest absolute Gasteiger partial charge is 0.287 e. The van der Waals surface area contributed by atoms with E-state index in [1.807, 2.05) is 172 Å². The predicted octanol–water partition coefficient (Wildman–Crippen LogP) is 14.6. The maximum Gasteiger partial charge on any atom is 0.287 e. The molecule has 0 aromatic heterocycles. The van der Waals surface area contributed by atoms with Gasteiger partial charge >= 0.3 is 0 Å². The van der Waals surface area contributed by atoms with Gasteiger partial charge in [0.2, 0.25) is 36.5 Å². The van der Waals surface area contributed by atoms with E-state index in [1.165, 1.54) is 81.8 Å². The molecule has 4 aromatic carbocycles. The van der Waals surface area contributed by atoms with Gasteiger partial charge in [0.15, 0.2) is 0 Å². The van der Waals surface area contributed by atoms with Gasteiger partial charge in [0.25, 0.3) is 37.5 Å². The Hall–Kier alpha value is -11.1. The summed E-state index contributed by atoms with van der Waals surface area (Å²) in [4.78, 5) is 77.4. The fourth-order valence-electron chi connectivity index (χ4n) is 10.2. The second-order valence-electron chi connectivity index (χ2n) is 24.3. The number of isocyanates is 6. The molecule has 520 valence electrons. The molecular weight excluding hydrogens is 1250 g/mol. The van der Waals surface area contributed by atoms with Crippen molar-refractivity contribution < 1.29 is 57.2 Å². The summed E-state index contributed by atoms with van der Waals surface area (Å²) in [6, 6.07) is 34.1. The number of hydrogen-bond donors (Lipinski definition) is 0. The number of nitrogens with zero attached hydrogens (tertiary/aromatic N) is 12. The molecule has 4 fully saturated rings. The van der Waals surface area contributed by atoms with E-state index >= 15 is 0 Å². The lowest BCUT2D eigenvalue weighted by Crippen LogP contribution is -2.21. The van der Waals surface area contributed by atoms with Crippen LogP contribution in [0.15, 0.2) is 139 Å². The number of rotatable bonds is 19. The lowest BCUT2D eigenvalue weighted by atomic mass is 9.89.